The van der Waals surface area contributed by atoms with Crippen LogP contribution in [-0.2, 0) is 16.1 Å². The number of benzene rings is 3. The minimum absolute atomic E-state index is 0.00536. The van der Waals surface area contributed by atoms with Gasteiger partial charge in [0.25, 0.3) is 17.7 Å². The Bertz CT molecular complexity index is 1150. The van der Waals surface area contributed by atoms with Gasteiger partial charge in [-0.2, -0.15) is 0 Å². The third-order valence-corrected chi connectivity index (χ3v) is 4.97. The van der Waals surface area contributed by atoms with E-state index in [4.69, 9.17) is 10.5 Å². The van der Waals surface area contributed by atoms with E-state index in [1.807, 2.05) is 0 Å². The number of carbonyl (C=O) groups excluding carboxylic acids is 4. The van der Waals surface area contributed by atoms with Crippen LogP contribution in [0.2, 0.25) is 0 Å². The van der Waals surface area contributed by atoms with Crippen molar-refractivity contribution in [2.75, 3.05) is 0 Å². The Morgan fingerprint density at radius 1 is 0.839 bits per heavy atom. The summed E-state index contributed by atoms with van der Waals surface area (Å²) in [4.78, 5) is 50.7. The molecule has 0 saturated carbocycles. The average Bonchev–Trinajstić information content (AvgIpc) is 3.03. The molecule has 7 nitrogen and oxygen atoms in total. The van der Waals surface area contributed by atoms with Crippen LogP contribution in [-0.4, -0.2) is 28.6 Å². The van der Waals surface area contributed by atoms with Gasteiger partial charge in [0.05, 0.1) is 23.2 Å². The van der Waals surface area contributed by atoms with Gasteiger partial charge in [0.2, 0.25) is 6.10 Å². The first-order valence-corrected chi connectivity index (χ1v) is 9.55. The Morgan fingerprint density at radius 3 is 2.06 bits per heavy atom. The minimum Gasteiger partial charge on any atom is -0.444 e. The normalized spacial score (nSPS) is 13.6. The summed E-state index contributed by atoms with van der Waals surface area (Å²) in [6, 6.07) is 21.4. The number of hydrogen-bond donors (Lipinski definition) is 1. The zero-order chi connectivity index (χ0) is 22.0. The first-order valence-electron chi connectivity index (χ1n) is 9.55. The number of hydrogen-bond acceptors (Lipinski definition) is 5. The number of carbonyl (C=O) groups is 4. The van der Waals surface area contributed by atoms with Crippen LogP contribution in [0.15, 0.2) is 78.9 Å². The maximum absolute atomic E-state index is 12.7. The van der Waals surface area contributed by atoms with Gasteiger partial charge in [-0.25, -0.2) is 4.79 Å². The van der Waals surface area contributed by atoms with Crippen LogP contribution in [0.25, 0.3) is 0 Å². The van der Waals surface area contributed by atoms with Crippen molar-refractivity contribution < 1.29 is 23.9 Å². The van der Waals surface area contributed by atoms with E-state index in [-0.39, 0.29) is 23.9 Å². The van der Waals surface area contributed by atoms with Gasteiger partial charge in [0.15, 0.2) is 0 Å². The largest absolute Gasteiger partial charge is 0.444 e. The van der Waals surface area contributed by atoms with E-state index in [0.717, 1.165) is 4.90 Å². The summed E-state index contributed by atoms with van der Waals surface area (Å²) >= 11 is 0. The number of ether oxygens (including phenoxy) is 1. The van der Waals surface area contributed by atoms with Crippen LogP contribution in [0.1, 0.15) is 48.3 Å². The highest BCUT2D eigenvalue weighted by molar-refractivity contribution is 6.21. The molecule has 1 unspecified atom stereocenters. The van der Waals surface area contributed by atoms with Crippen LogP contribution in [0.3, 0.4) is 0 Å². The summed E-state index contributed by atoms with van der Waals surface area (Å²) in [5.74, 6) is -2.29. The van der Waals surface area contributed by atoms with Gasteiger partial charge >= 0.3 is 5.97 Å². The predicted molar refractivity (Wildman–Crippen MR) is 111 cm³/mol. The maximum atomic E-state index is 12.7. The summed E-state index contributed by atoms with van der Waals surface area (Å²) in [6.07, 6.45) is -1.23. The first kappa shape index (κ1) is 20.0. The SMILES string of the molecule is NC(=O)C(OC(=O)c1cccc(CN2C(=O)c3ccccc3C2=O)c1)c1ccccc1. The monoisotopic (exact) mass is 414 g/mol. The molecule has 3 amide bonds. The Kier molecular flexibility index (Phi) is 5.32. The van der Waals surface area contributed by atoms with Crippen molar-refractivity contribution in [3.8, 4) is 0 Å². The second-order valence-electron chi connectivity index (χ2n) is 7.04. The van der Waals surface area contributed by atoms with Gasteiger partial charge in [0.1, 0.15) is 0 Å². The zero-order valence-corrected chi connectivity index (χ0v) is 16.4. The topological polar surface area (TPSA) is 107 Å². The van der Waals surface area contributed by atoms with Crippen molar-refractivity contribution in [1.82, 2.24) is 4.90 Å². The molecule has 1 aliphatic heterocycles. The van der Waals surface area contributed by atoms with E-state index in [9.17, 15) is 19.2 Å². The molecule has 0 aliphatic carbocycles. The third kappa shape index (κ3) is 3.93. The number of fused-ring (bicyclic) bond motifs is 1. The standard InChI is InChI=1S/C24H18N2O5/c25-21(27)20(16-8-2-1-3-9-16)31-24(30)17-10-6-7-15(13-17)14-26-22(28)18-11-4-5-12-19(18)23(26)29/h1-13,20H,14H2,(H2,25,27). The number of nitrogens with zero attached hydrogens (tertiary/aromatic N) is 1. The lowest BCUT2D eigenvalue weighted by Gasteiger charge is -2.16. The molecule has 3 aromatic rings. The highest BCUT2D eigenvalue weighted by Gasteiger charge is 2.35. The minimum atomic E-state index is -1.23. The summed E-state index contributed by atoms with van der Waals surface area (Å²) < 4.78 is 5.34. The van der Waals surface area contributed by atoms with Gasteiger partial charge in [0, 0.05) is 5.56 Å². The Balaban J connectivity index is 1.52. The highest BCUT2D eigenvalue weighted by Crippen LogP contribution is 2.25. The molecule has 31 heavy (non-hydrogen) atoms. The molecule has 154 valence electrons. The average molecular weight is 414 g/mol. The van der Waals surface area contributed by atoms with Gasteiger partial charge in [-0.3, -0.25) is 19.3 Å². The molecule has 2 N–H and O–H groups in total. The quantitative estimate of drug-likeness (QED) is 0.493. The molecule has 1 aliphatic rings. The maximum Gasteiger partial charge on any atom is 0.339 e. The molecule has 0 bridgehead atoms. The molecule has 0 fully saturated rings. The van der Waals surface area contributed by atoms with Gasteiger partial charge in [-0.15, -0.1) is 0 Å². The number of esters is 1. The van der Waals surface area contributed by atoms with E-state index in [2.05, 4.69) is 0 Å². The molecule has 4 rings (SSSR count). The first-order chi connectivity index (χ1) is 15.0. The molecule has 0 spiro atoms. The molecule has 1 atom stereocenters. The summed E-state index contributed by atoms with van der Waals surface area (Å²) in [6.45, 7) is 0.00536. The number of amides is 3. The van der Waals surface area contributed by atoms with E-state index in [1.165, 1.54) is 12.1 Å². The van der Waals surface area contributed by atoms with E-state index in [0.29, 0.717) is 22.3 Å². The molecule has 0 saturated heterocycles. The Labute approximate surface area is 178 Å². The summed E-state index contributed by atoms with van der Waals surface area (Å²) in [7, 11) is 0. The van der Waals surface area contributed by atoms with Crippen LogP contribution in [0, 0.1) is 0 Å². The molecule has 7 heteroatoms. The number of rotatable bonds is 6. The van der Waals surface area contributed by atoms with Crippen LogP contribution >= 0.6 is 0 Å². The number of primary amides is 1. The molecule has 0 aromatic heterocycles. The van der Waals surface area contributed by atoms with E-state index < -0.39 is 18.0 Å². The fraction of sp³-hybridized carbons (Fsp3) is 0.0833. The van der Waals surface area contributed by atoms with E-state index >= 15 is 0 Å². The molecular weight excluding hydrogens is 396 g/mol. The van der Waals surface area contributed by atoms with Crippen molar-refractivity contribution in [3.63, 3.8) is 0 Å². The van der Waals surface area contributed by atoms with Crippen LogP contribution in [0.4, 0.5) is 0 Å². The van der Waals surface area contributed by atoms with E-state index in [1.54, 1.807) is 66.7 Å². The van der Waals surface area contributed by atoms with Gasteiger partial charge < -0.3 is 10.5 Å². The molecule has 3 aromatic carbocycles. The predicted octanol–water partition coefficient (Wildman–Crippen LogP) is 2.87. The second kappa shape index (κ2) is 8.23. The summed E-state index contributed by atoms with van der Waals surface area (Å²) in [5, 5.41) is 0. The van der Waals surface area contributed by atoms with Crippen molar-refractivity contribution in [3.05, 3.63) is 107 Å². The third-order valence-electron chi connectivity index (χ3n) is 4.97. The lowest BCUT2D eigenvalue weighted by atomic mass is 10.1. The molecular formula is C24H18N2O5. The van der Waals surface area contributed by atoms with Gasteiger partial charge in [-0.05, 0) is 29.8 Å². The second-order valence-corrected chi connectivity index (χ2v) is 7.04. The molecule has 1 heterocycles. The molecule has 0 radical (unpaired) electrons. The van der Waals surface area contributed by atoms with Crippen LogP contribution < -0.4 is 5.73 Å². The lowest BCUT2D eigenvalue weighted by molar-refractivity contribution is -0.127. The highest BCUT2D eigenvalue weighted by atomic mass is 16.5. The van der Waals surface area contributed by atoms with Gasteiger partial charge in [-0.1, -0.05) is 54.6 Å². The fourth-order valence-corrected chi connectivity index (χ4v) is 3.46. The fourth-order valence-electron chi connectivity index (χ4n) is 3.46. The zero-order valence-electron chi connectivity index (χ0n) is 16.4. The Hall–Kier alpha value is -4.26. The van der Waals surface area contributed by atoms with Crippen molar-refractivity contribution in [1.29, 1.82) is 0 Å². The van der Waals surface area contributed by atoms with Crippen molar-refractivity contribution in [2.24, 2.45) is 5.73 Å². The van der Waals surface area contributed by atoms with Crippen molar-refractivity contribution >= 4 is 23.7 Å². The number of nitrogens with two attached hydrogens (primary N) is 1. The van der Waals surface area contributed by atoms with Crippen molar-refractivity contribution in [2.45, 2.75) is 12.6 Å². The Morgan fingerprint density at radius 2 is 1.45 bits per heavy atom. The lowest BCUT2D eigenvalue weighted by Crippen LogP contribution is -2.29. The van der Waals surface area contributed by atoms with Crippen LogP contribution in [0.5, 0.6) is 0 Å². The smallest absolute Gasteiger partial charge is 0.339 e. The summed E-state index contributed by atoms with van der Waals surface area (Å²) in [5.41, 5.74) is 7.33. The number of imide groups is 1.